The van der Waals surface area contributed by atoms with Crippen molar-refractivity contribution in [3.8, 4) is 5.75 Å². The molecule has 0 aliphatic rings. The summed E-state index contributed by atoms with van der Waals surface area (Å²) in [5.41, 5.74) is 6.45. The molecule has 2 aromatic rings. The molecule has 0 bridgehead atoms. The van der Waals surface area contributed by atoms with Gasteiger partial charge in [-0.3, -0.25) is 4.79 Å². The molecule has 0 fully saturated rings. The molecular formula is C9H7NO2S. The summed E-state index contributed by atoms with van der Waals surface area (Å²) in [6.07, 6.45) is 0.720. The van der Waals surface area contributed by atoms with Crippen LogP contribution in [0, 0.1) is 0 Å². The highest BCUT2D eigenvalue weighted by atomic mass is 32.1. The smallest absolute Gasteiger partial charge is 0.151 e. The minimum absolute atomic E-state index is 0.0343. The van der Waals surface area contributed by atoms with E-state index in [0.717, 1.165) is 16.4 Å². The van der Waals surface area contributed by atoms with Crippen molar-refractivity contribution in [3.05, 3.63) is 23.1 Å². The van der Waals surface area contributed by atoms with Gasteiger partial charge < -0.3 is 10.8 Å². The fourth-order valence-electron chi connectivity index (χ4n) is 1.26. The number of nitrogens with two attached hydrogens (primary N) is 1. The SMILES string of the molecule is Nc1c(O)cc(C=O)c2sccc12. The number of aldehydes is 1. The van der Waals surface area contributed by atoms with Gasteiger partial charge in [0, 0.05) is 15.6 Å². The van der Waals surface area contributed by atoms with Gasteiger partial charge in [0.2, 0.25) is 0 Å². The summed E-state index contributed by atoms with van der Waals surface area (Å²) in [6, 6.07) is 3.18. The number of carbonyl (C=O) groups is 1. The molecule has 0 unspecified atom stereocenters. The second kappa shape index (κ2) is 2.74. The first kappa shape index (κ1) is 8.07. The molecule has 0 aliphatic heterocycles. The quantitative estimate of drug-likeness (QED) is 0.413. The molecule has 3 nitrogen and oxygen atoms in total. The number of benzene rings is 1. The Morgan fingerprint density at radius 1 is 1.54 bits per heavy atom. The van der Waals surface area contributed by atoms with E-state index in [1.807, 2.05) is 5.38 Å². The molecule has 1 aromatic heterocycles. The predicted octanol–water partition coefficient (Wildman–Crippen LogP) is 2.00. The van der Waals surface area contributed by atoms with Crippen LogP contribution in [0.3, 0.4) is 0 Å². The summed E-state index contributed by atoms with van der Waals surface area (Å²) in [5, 5.41) is 12.0. The van der Waals surface area contributed by atoms with Crippen molar-refractivity contribution in [1.29, 1.82) is 0 Å². The van der Waals surface area contributed by atoms with E-state index in [4.69, 9.17) is 5.73 Å². The standard InChI is InChI=1S/C9H7NO2S/c10-8-6-1-2-13-9(6)5(4-11)3-7(8)12/h1-4,12H,10H2. The fraction of sp³-hybridized carbons (Fsp3) is 0. The van der Waals surface area contributed by atoms with Crippen LogP contribution in [-0.2, 0) is 0 Å². The van der Waals surface area contributed by atoms with E-state index in [-0.39, 0.29) is 5.75 Å². The Kier molecular flexibility index (Phi) is 1.70. The van der Waals surface area contributed by atoms with E-state index in [9.17, 15) is 9.90 Å². The molecule has 0 saturated carbocycles. The first-order chi connectivity index (χ1) is 6.24. The number of thiophene rings is 1. The number of nitrogen functional groups attached to an aromatic ring is 1. The van der Waals surface area contributed by atoms with Crippen molar-refractivity contribution < 1.29 is 9.90 Å². The van der Waals surface area contributed by atoms with Crippen LogP contribution in [0.4, 0.5) is 5.69 Å². The molecule has 4 heteroatoms. The topological polar surface area (TPSA) is 63.3 Å². The highest BCUT2D eigenvalue weighted by molar-refractivity contribution is 7.17. The van der Waals surface area contributed by atoms with Crippen LogP contribution < -0.4 is 5.73 Å². The van der Waals surface area contributed by atoms with Gasteiger partial charge >= 0.3 is 0 Å². The van der Waals surface area contributed by atoms with E-state index in [2.05, 4.69) is 0 Å². The summed E-state index contributed by atoms with van der Waals surface area (Å²) >= 11 is 1.44. The zero-order chi connectivity index (χ0) is 9.42. The molecule has 0 radical (unpaired) electrons. The first-order valence-corrected chi connectivity index (χ1v) is 4.56. The maximum absolute atomic E-state index is 10.6. The third kappa shape index (κ3) is 1.07. The number of phenolic OH excluding ortho intramolecular Hbond substituents is 1. The molecule has 0 saturated heterocycles. The first-order valence-electron chi connectivity index (χ1n) is 3.68. The van der Waals surface area contributed by atoms with Gasteiger partial charge in [0.05, 0.1) is 5.69 Å². The van der Waals surface area contributed by atoms with Crippen molar-refractivity contribution in [2.45, 2.75) is 0 Å². The van der Waals surface area contributed by atoms with Gasteiger partial charge in [-0.25, -0.2) is 0 Å². The Labute approximate surface area is 78.4 Å². The molecule has 66 valence electrons. The molecule has 0 aliphatic carbocycles. The average molecular weight is 193 g/mol. The van der Waals surface area contributed by atoms with E-state index in [1.54, 1.807) is 6.07 Å². The van der Waals surface area contributed by atoms with Crippen LogP contribution in [0.25, 0.3) is 10.1 Å². The number of hydrogen-bond donors (Lipinski definition) is 2. The van der Waals surface area contributed by atoms with Gasteiger partial charge in [-0.05, 0) is 17.5 Å². The maximum Gasteiger partial charge on any atom is 0.151 e. The second-order valence-electron chi connectivity index (χ2n) is 2.68. The third-order valence-electron chi connectivity index (χ3n) is 1.91. The highest BCUT2D eigenvalue weighted by Gasteiger charge is 2.09. The summed E-state index contributed by atoms with van der Waals surface area (Å²) in [5.74, 6) is -0.0343. The van der Waals surface area contributed by atoms with Gasteiger partial charge in [0.15, 0.2) is 6.29 Å². The fourth-order valence-corrected chi connectivity index (χ4v) is 2.15. The summed E-state index contributed by atoms with van der Waals surface area (Å²) in [4.78, 5) is 10.6. The van der Waals surface area contributed by atoms with E-state index >= 15 is 0 Å². The van der Waals surface area contributed by atoms with Gasteiger partial charge in [-0.2, -0.15) is 0 Å². The number of carbonyl (C=O) groups excluding carboxylic acids is 1. The Morgan fingerprint density at radius 2 is 2.31 bits per heavy atom. The van der Waals surface area contributed by atoms with Crippen LogP contribution in [0.5, 0.6) is 5.75 Å². The lowest BCUT2D eigenvalue weighted by Crippen LogP contribution is -1.89. The summed E-state index contributed by atoms with van der Waals surface area (Å²) < 4.78 is 0.824. The Balaban J connectivity index is 2.95. The molecule has 13 heavy (non-hydrogen) atoms. The number of phenols is 1. The molecule has 1 heterocycles. The van der Waals surface area contributed by atoms with Crippen molar-refractivity contribution in [2.24, 2.45) is 0 Å². The van der Waals surface area contributed by atoms with E-state index < -0.39 is 0 Å². The zero-order valence-electron chi connectivity index (χ0n) is 6.65. The van der Waals surface area contributed by atoms with Crippen molar-refractivity contribution in [3.63, 3.8) is 0 Å². The molecule has 1 aromatic carbocycles. The van der Waals surface area contributed by atoms with Gasteiger partial charge in [0.1, 0.15) is 5.75 Å². The largest absolute Gasteiger partial charge is 0.506 e. The molecule has 0 spiro atoms. The predicted molar refractivity (Wildman–Crippen MR) is 53.3 cm³/mol. The number of hydrogen-bond acceptors (Lipinski definition) is 4. The number of anilines is 1. The second-order valence-corrected chi connectivity index (χ2v) is 3.60. The Morgan fingerprint density at radius 3 is 3.00 bits per heavy atom. The minimum Gasteiger partial charge on any atom is -0.506 e. The van der Waals surface area contributed by atoms with Gasteiger partial charge in [0.25, 0.3) is 0 Å². The van der Waals surface area contributed by atoms with Crippen LogP contribution in [0.15, 0.2) is 17.5 Å². The zero-order valence-corrected chi connectivity index (χ0v) is 7.47. The Hall–Kier alpha value is -1.55. The number of fused-ring (bicyclic) bond motifs is 1. The average Bonchev–Trinajstić information content (AvgIpc) is 2.60. The minimum atomic E-state index is -0.0343. The van der Waals surface area contributed by atoms with E-state index in [0.29, 0.717) is 11.3 Å². The number of aromatic hydroxyl groups is 1. The van der Waals surface area contributed by atoms with Crippen LogP contribution in [-0.4, -0.2) is 11.4 Å². The van der Waals surface area contributed by atoms with Gasteiger partial charge in [-0.1, -0.05) is 0 Å². The number of rotatable bonds is 1. The van der Waals surface area contributed by atoms with Crippen molar-refractivity contribution >= 4 is 33.4 Å². The van der Waals surface area contributed by atoms with Crippen LogP contribution in [0.1, 0.15) is 10.4 Å². The lowest BCUT2D eigenvalue weighted by Gasteiger charge is -2.01. The van der Waals surface area contributed by atoms with Crippen molar-refractivity contribution in [2.75, 3.05) is 5.73 Å². The molecule has 2 rings (SSSR count). The molecule has 3 N–H and O–H groups in total. The summed E-state index contributed by atoms with van der Waals surface area (Å²) in [7, 11) is 0. The molecule has 0 atom stereocenters. The lowest BCUT2D eigenvalue weighted by atomic mass is 10.1. The Bertz CT molecular complexity index is 476. The summed E-state index contributed by atoms with van der Waals surface area (Å²) in [6.45, 7) is 0. The molecule has 0 amide bonds. The lowest BCUT2D eigenvalue weighted by molar-refractivity contribution is 0.112. The van der Waals surface area contributed by atoms with Crippen LogP contribution >= 0.6 is 11.3 Å². The highest BCUT2D eigenvalue weighted by Crippen LogP contribution is 2.35. The monoisotopic (exact) mass is 193 g/mol. The van der Waals surface area contributed by atoms with Gasteiger partial charge in [-0.15, -0.1) is 11.3 Å². The van der Waals surface area contributed by atoms with Crippen molar-refractivity contribution in [1.82, 2.24) is 0 Å². The normalized spacial score (nSPS) is 10.5. The maximum atomic E-state index is 10.6. The van der Waals surface area contributed by atoms with E-state index in [1.165, 1.54) is 17.4 Å². The third-order valence-corrected chi connectivity index (χ3v) is 2.88. The van der Waals surface area contributed by atoms with Crippen LogP contribution in [0.2, 0.25) is 0 Å². The molecular weight excluding hydrogens is 186 g/mol.